The number of thioether (sulfide) groups is 1. The summed E-state index contributed by atoms with van der Waals surface area (Å²) in [6, 6.07) is 12.1. The molecule has 0 aliphatic carbocycles. The van der Waals surface area contributed by atoms with Gasteiger partial charge < -0.3 is 10.1 Å². The minimum Gasteiger partial charge on any atom is -0.483 e. The van der Waals surface area contributed by atoms with Crippen molar-refractivity contribution >= 4 is 46.6 Å². The number of anilines is 1. The summed E-state index contributed by atoms with van der Waals surface area (Å²) >= 11 is 13.8. The monoisotopic (exact) mass is 383 g/mol. The van der Waals surface area contributed by atoms with Gasteiger partial charge >= 0.3 is 0 Å². The van der Waals surface area contributed by atoms with Gasteiger partial charge in [-0.15, -0.1) is 11.8 Å². The van der Waals surface area contributed by atoms with Crippen LogP contribution in [0.1, 0.15) is 30.1 Å². The van der Waals surface area contributed by atoms with Crippen molar-refractivity contribution in [2.24, 2.45) is 0 Å². The molecule has 0 unspecified atom stereocenters. The number of hydrogen-bond donors (Lipinski definition) is 1. The molecule has 0 fully saturated rings. The number of amides is 1. The first-order valence-electron chi connectivity index (χ1n) is 7.67. The molecule has 0 aliphatic rings. The second-order valence-corrected chi connectivity index (χ2v) is 6.94. The molecule has 1 amide bonds. The fourth-order valence-electron chi connectivity index (χ4n) is 1.91. The fourth-order valence-corrected chi connectivity index (χ4v) is 3.09. The van der Waals surface area contributed by atoms with E-state index < -0.39 is 0 Å². The highest BCUT2D eigenvalue weighted by Crippen LogP contribution is 2.29. The Morgan fingerprint density at radius 2 is 1.92 bits per heavy atom. The molecule has 24 heavy (non-hydrogen) atoms. The highest BCUT2D eigenvalue weighted by atomic mass is 35.5. The van der Waals surface area contributed by atoms with Gasteiger partial charge in [-0.3, -0.25) is 4.79 Å². The minimum atomic E-state index is -0.247. The molecule has 0 saturated heterocycles. The second kappa shape index (κ2) is 9.82. The van der Waals surface area contributed by atoms with Gasteiger partial charge in [-0.2, -0.15) is 0 Å². The van der Waals surface area contributed by atoms with E-state index >= 15 is 0 Å². The summed E-state index contributed by atoms with van der Waals surface area (Å²) in [5.41, 5.74) is 1.01. The van der Waals surface area contributed by atoms with Crippen molar-refractivity contribution in [3.63, 3.8) is 0 Å². The molecule has 0 aromatic heterocycles. The van der Waals surface area contributed by atoms with Gasteiger partial charge in [-0.1, -0.05) is 42.6 Å². The molecule has 2 aromatic rings. The Morgan fingerprint density at radius 1 is 1.17 bits per heavy atom. The maximum absolute atomic E-state index is 12.3. The molecule has 0 radical (unpaired) electrons. The van der Waals surface area contributed by atoms with Crippen molar-refractivity contribution in [2.45, 2.75) is 19.8 Å². The predicted octanol–water partition coefficient (Wildman–Crippen LogP) is 6.12. The average Bonchev–Trinajstić information content (AvgIpc) is 2.59. The first kappa shape index (κ1) is 19.0. The van der Waals surface area contributed by atoms with Crippen molar-refractivity contribution in [3.05, 3.63) is 58.1 Å². The summed E-state index contributed by atoms with van der Waals surface area (Å²) in [5.74, 6) is 2.21. The van der Waals surface area contributed by atoms with Gasteiger partial charge in [0.1, 0.15) is 11.7 Å². The SMILES string of the molecule is CCCCSCOc1ccc(C(=O)Nc2cccc(Cl)c2Cl)cc1. The first-order chi connectivity index (χ1) is 11.6. The number of unbranched alkanes of at least 4 members (excludes halogenated alkanes) is 1. The van der Waals surface area contributed by atoms with Gasteiger partial charge in [0, 0.05) is 5.56 Å². The molecule has 6 heteroatoms. The Hall–Kier alpha value is -1.36. The number of hydrogen-bond acceptors (Lipinski definition) is 3. The lowest BCUT2D eigenvalue weighted by Gasteiger charge is -2.09. The van der Waals surface area contributed by atoms with E-state index in [-0.39, 0.29) is 5.91 Å². The van der Waals surface area contributed by atoms with Crippen molar-refractivity contribution < 1.29 is 9.53 Å². The van der Waals surface area contributed by atoms with Crippen LogP contribution in [0.4, 0.5) is 5.69 Å². The molecule has 0 heterocycles. The highest BCUT2D eigenvalue weighted by Gasteiger charge is 2.10. The molecular weight excluding hydrogens is 365 g/mol. The van der Waals surface area contributed by atoms with Gasteiger partial charge in [0.15, 0.2) is 0 Å². The molecule has 0 aliphatic heterocycles. The molecule has 2 rings (SSSR count). The van der Waals surface area contributed by atoms with E-state index in [0.29, 0.717) is 27.2 Å². The van der Waals surface area contributed by atoms with Crippen LogP contribution in [0.5, 0.6) is 5.75 Å². The van der Waals surface area contributed by atoms with Gasteiger partial charge in [0.2, 0.25) is 0 Å². The second-order valence-electron chi connectivity index (χ2n) is 5.10. The summed E-state index contributed by atoms with van der Waals surface area (Å²) in [6.07, 6.45) is 2.38. The molecular formula is C18H19Cl2NO2S. The van der Waals surface area contributed by atoms with Gasteiger partial charge in [-0.05, 0) is 48.6 Å². The van der Waals surface area contributed by atoms with E-state index in [1.165, 1.54) is 12.8 Å². The highest BCUT2D eigenvalue weighted by molar-refractivity contribution is 7.99. The topological polar surface area (TPSA) is 38.3 Å². The third-order valence-corrected chi connectivity index (χ3v) is 4.95. The van der Waals surface area contributed by atoms with Crippen LogP contribution in [-0.4, -0.2) is 17.6 Å². The Kier molecular flexibility index (Phi) is 7.76. The van der Waals surface area contributed by atoms with Gasteiger partial charge in [-0.25, -0.2) is 0 Å². The van der Waals surface area contributed by atoms with Crippen molar-refractivity contribution in [3.8, 4) is 5.75 Å². The first-order valence-corrected chi connectivity index (χ1v) is 9.59. The largest absolute Gasteiger partial charge is 0.483 e. The molecule has 0 atom stereocenters. The lowest BCUT2D eigenvalue weighted by atomic mass is 10.2. The van der Waals surface area contributed by atoms with Crippen LogP contribution < -0.4 is 10.1 Å². The number of halogens is 2. The van der Waals surface area contributed by atoms with Gasteiger partial charge in [0.25, 0.3) is 5.91 Å². The zero-order valence-corrected chi connectivity index (χ0v) is 15.7. The van der Waals surface area contributed by atoms with E-state index in [0.717, 1.165) is 11.5 Å². The van der Waals surface area contributed by atoms with E-state index in [1.54, 1.807) is 54.2 Å². The number of benzene rings is 2. The Morgan fingerprint density at radius 3 is 2.62 bits per heavy atom. The Labute approximate surface area is 156 Å². The fraction of sp³-hybridized carbons (Fsp3) is 0.278. The number of ether oxygens (including phenoxy) is 1. The molecule has 0 saturated carbocycles. The van der Waals surface area contributed by atoms with Crippen molar-refractivity contribution in [1.82, 2.24) is 0 Å². The number of rotatable bonds is 8. The van der Waals surface area contributed by atoms with Crippen LogP contribution in [0, 0.1) is 0 Å². The van der Waals surface area contributed by atoms with Crippen LogP contribution in [0.3, 0.4) is 0 Å². The third-order valence-electron chi connectivity index (χ3n) is 3.27. The van der Waals surface area contributed by atoms with E-state index in [2.05, 4.69) is 12.2 Å². The van der Waals surface area contributed by atoms with Crippen LogP contribution in [0.15, 0.2) is 42.5 Å². The maximum Gasteiger partial charge on any atom is 0.255 e. The third kappa shape index (κ3) is 5.62. The quantitative estimate of drug-likeness (QED) is 0.440. The normalized spacial score (nSPS) is 10.5. The van der Waals surface area contributed by atoms with Gasteiger partial charge in [0.05, 0.1) is 15.7 Å². The molecule has 128 valence electrons. The molecule has 0 spiro atoms. The summed E-state index contributed by atoms with van der Waals surface area (Å²) in [5, 5.41) is 3.48. The zero-order chi connectivity index (χ0) is 17.4. The smallest absolute Gasteiger partial charge is 0.255 e. The number of carbonyl (C=O) groups excluding carboxylic acids is 1. The Balaban J connectivity index is 1.90. The maximum atomic E-state index is 12.3. The predicted molar refractivity (Wildman–Crippen MR) is 104 cm³/mol. The van der Waals surface area contributed by atoms with E-state index in [9.17, 15) is 4.79 Å². The van der Waals surface area contributed by atoms with Crippen LogP contribution >= 0.6 is 35.0 Å². The minimum absolute atomic E-state index is 0.247. The summed E-state index contributed by atoms with van der Waals surface area (Å²) in [6.45, 7) is 2.17. The van der Waals surface area contributed by atoms with Crippen molar-refractivity contribution in [1.29, 1.82) is 0 Å². The average molecular weight is 384 g/mol. The van der Waals surface area contributed by atoms with Crippen LogP contribution in [0.2, 0.25) is 10.0 Å². The van der Waals surface area contributed by atoms with Crippen LogP contribution in [0.25, 0.3) is 0 Å². The zero-order valence-electron chi connectivity index (χ0n) is 13.4. The molecule has 3 nitrogen and oxygen atoms in total. The molecule has 0 bridgehead atoms. The lowest BCUT2D eigenvalue weighted by Crippen LogP contribution is -2.12. The van der Waals surface area contributed by atoms with Crippen molar-refractivity contribution in [2.75, 3.05) is 17.0 Å². The molecule has 2 aromatic carbocycles. The number of nitrogens with one attached hydrogen (secondary N) is 1. The number of carbonyl (C=O) groups is 1. The lowest BCUT2D eigenvalue weighted by molar-refractivity contribution is 0.102. The van der Waals surface area contributed by atoms with E-state index in [1.807, 2.05) is 0 Å². The van der Waals surface area contributed by atoms with Crippen LogP contribution in [-0.2, 0) is 0 Å². The summed E-state index contributed by atoms with van der Waals surface area (Å²) in [4.78, 5) is 12.3. The Bertz CT molecular complexity index is 677. The summed E-state index contributed by atoms with van der Waals surface area (Å²) < 4.78 is 5.63. The summed E-state index contributed by atoms with van der Waals surface area (Å²) in [7, 11) is 0. The standard InChI is InChI=1S/C18H19Cl2NO2S/c1-2-3-11-24-12-23-14-9-7-13(8-10-14)18(22)21-16-6-4-5-15(19)17(16)20/h4-10H,2-3,11-12H2,1H3,(H,21,22). The van der Waals surface area contributed by atoms with E-state index in [4.69, 9.17) is 27.9 Å². The molecule has 1 N–H and O–H groups in total.